The van der Waals surface area contributed by atoms with Crippen LogP contribution in [0, 0.1) is 0 Å². The molecule has 5 heteroatoms. The normalized spacial score (nSPS) is 10.1. The number of hydrogen-bond acceptors (Lipinski definition) is 2. The molecule has 0 aliphatic heterocycles. The van der Waals surface area contributed by atoms with Crippen LogP contribution in [-0.4, -0.2) is 11.0 Å². The lowest BCUT2D eigenvalue weighted by Gasteiger charge is -2.08. The van der Waals surface area contributed by atoms with E-state index in [0.717, 1.165) is 11.3 Å². The molecule has 0 bridgehead atoms. The predicted octanol–water partition coefficient (Wildman–Crippen LogP) is 5.05. The van der Waals surface area contributed by atoms with E-state index in [1.165, 1.54) is 0 Å². The molecular formula is C18H14ClN3O. The fraction of sp³-hybridized carbons (Fsp3) is 0. The molecule has 1 aromatic heterocycles. The maximum absolute atomic E-state index is 12.0. The number of urea groups is 1. The summed E-state index contributed by atoms with van der Waals surface area (Å²) in [6.07, 6.45) is 0. The van der Waals surface area contributed by atoms with Crippen LogP contribution in [0.25, 0.3) is 11.3 Å². The molecule has 4 nitrogen and oxygen atoms in total. The van der Waals surface area contributed by atoms with Crippen molar-refractivity contribution < 1.29 is 4.79 Å². The third-order valence-corrected chi connectivity index (χ3v) is 3.41. The topological polar surface area (TPSA) is 54.0 Å². The summed E-state index contributed by atoms with van der Waals surface area (Å²) >= 11 is 5.82. The molecule has 2 aromatic carbocycles. The predicted molar refractivity (Wildman–Crippen MR) is 93.8 cm³/mol. The van der Waals surface area contributed by atoms with Crippen molar-refractivity contribution in [1.82, 2.24) is 4.98 Å². The van der Waals surface area contributed by atoms with Crippen molar-refractivity contribution in [2.24, 2.45) is 0 Å². The standard InChI is InChI=1S/C18H14ClN3O/c19-14-9-11-15(12-10-14)20-18(23)22-17-8-4-7-16(21-17)13-5-2-1-3-6-13/h1-12H,(H2,20,21,22,23). The Hall–Kier alpha value is -2.85. The van der Waals surface area contributed by atoms with Crippen molar-refractivity contribution in [2.75, 3.05) is 10.6 Å². The summed E-state index contributed by atoms with van der Waals surface area (Å²) in [5.74, 6) is 0.484. The zero-order valence-electron chi connectivity index (χ0n) is 12.2. The molecule has 0 atom stereocenters. The van der Waals surface area contributed by atoms with Gasteiger partial charge in [-0.15, -0.1) is 0 Å². The van der Waals surface area contributed by atoms with E-state index in [9.17, 15) is 4.79 Å². The summed E-state index contributed by atoms with van der Waals surface area (Å²) in [4.78, 5) is 16.5. The Morgan fingerprint density at radius 3 is 2.30 bits per heavy atom. The summed E-state index contributed by atoms with van der Waals surface area (Å²) < 4.78 is 0. The molecular weight excluding hydrogens is 310 g/mol. The molecule has 0 radical (unpaired) electrons. The Morgan fingerprint density at radius 2 is 1.57 bits per heavy atom. The molecule has 1 heterocycles. The number of benzene rings is 2. The molecule has 3 rings (SSSR count). The van der Waals surface area contributed by atoms with E-state index >= 15 is 0 Å². The Morgan fingerprint density at radius 1 is 0.826 bits per heavy atom. The van der Waals surface area contributed by atoms with E-state index in [1.54, 1.807) is 30.3 Å². The van der Waals surface area contributed by atoms with Gasteiger partial charge in [-0.1, -0.05) is 48.0 Å². The second-order valence-electron chi connectivity index (χ2n) is 4.86. The number of halogens is 1. The van der Waals surface area contributed by atoms with Crippen molar-refractivity contribution in [3.63, 3.8) is 0 Å². The van der Waals surface area contributed by atoms with Gasteiger partial charge in [-0.25, -0.2) is 9.78 Å². The zero-order valence-corrected chi connectivity index (χ0v) is 12.9. The van der Waals surface area contributed by atoms with Gasteiger partial charge in [0.15, 0.2) is 0 Å². The van der Waals surface area contributed by atoms with E-state index < -0.39 is 0 Å². The number of rotatable bonds is 3. The summed E-state index contributed by atoms with van der Waals surface area (Å²) in [6.45, 7) is 0. The first-order valence-corrected chi connectivity index (χ1v) is 7.44. The van der Waals surface area contributed by atoms with E-state index in [1.807, 2.05) is 42.5 Å². The highest BCUT2D eigenvalue weighted by atomic mass is 35.5. The number of nitrogens with zero attached hydrogens (tertiary/aromatic N) is 1. The lowest BCUT2D eigenvalue weighted by Crippen LogP contribution is -2.20. The molecule has 3 aromatic rings. The molecule has 0 unspecified atom stereocenters. The van der Waals surface area contributed by atoms with Crippen LogP contribution < -0.4 is 10.6 Å². The Labute approximate surface area is 139 Å². The maximum Gasteiger partial charge on any atom is 0.324 e. The molecule has 0 fully saturated rings. The van der Waals surface area contributed by atoms with Gasteiger partial charge < -0.3 is 5.32 Å². The number of pyridine rings is 1. The van der Waals surface area contributed by atoms with Crippen molar-refractivity contribution in [2.45, 2.75) is 0 Å². The van der Waals surface area contributed by atoms with Crippen molar-refractivity contribution in [3.05, 3.63) is 77.8 Å². The van der Waals surface area contributed by atoms with Crippen LogP contribution in [0.1, 0.15) is 0 Å². The summed E-state index contributed by atoms with van der Waals surface area (Å²) in [5, 5.41) is 6.07. The third kappa shape index (κ3) is 4.08. The smallest absolute Gasteiger partial charge is 0.308 e. The van der Waals surface area contributed by atoms with Crippen LogP contribution in [0.5, 0.6) is 0 Å². The minimum atomic E-state index is -0.356. The highest BCUT2D eigenvalue weighted by Crippen LogP contribution is 2.18. The number of hydrogen-bond donors (Lipinski definition) is 2. The lowest BCUT2D eigenvalue weighted by molar-refractivity contribution is 0.262. The van der Waals surface area contributed by atoms with Gasteiger partial charge >= 0.3 is 6.03 Å². The molecule has 114 valence electrons. The molecule has 2 N–H and O–H groups in total. The zero-order chi connectivity index (χ0) is 16.1. The molecule has 0 aliphatic carbocycles. The van der Waals surface area contributed by atoms with Gasteiger partial charge in [0.1, 0.15) is 5.82 Å². The average Bonchev–Trinajstić information content (AvgIpc) is 2.58. The Kier molecular flexibility index (Phi) is 4.54. The van der Waals surface area contributed by atoms with Crippen LogP contribution in [-0.2, 0) is 0 Å². The maximum atomic E-state index is 12.0. The minimum absolute atomic E-state index is 0.356. The monoisotopic (exact) mass is 323 g/mol. The minimum Gasteiger partial charge on any atom is -0.308 e. The van der Waals surface area contributed by atoms with Gasteiger partial charge in [-0.2, -0.15) is 0 Å². The van der Waals surface area contributed by atoms with Crippen molar-refractivity contribution >= 4 is 29.1 Å². The second kappa shape index (κ2) is 6.94. The first-order valence-electron chi connectivity index (χ1n) is 7.07. The highest BCUT2D eigenvalue weighted by Gasteiger charge is 2.05. The first kappa shape index (κ1) is 15.1. The molecule has 0 saturated heterocycles. The number of amides is 2. The van der Waals surface area contributed by atoms with Crippen LogP contribution in [0.4, 0.5) is 16.3 Å². The number of carbonyl (C=O) groups excluding carboxylic acids is 1. The van der Waals surface area contributed by atoms with E-state index in [4.69, 9.17) is 11.6 Å². The molecule has 0 aliphatic rings. The van der Waals surface area contributed by atoms with E-state index in [0.29, 0.717) is 16.5 Å². The fourth-order valence-electron chi connectivity index (χ4n) is 2.09. The second-order valence-corrected chi connectivity index (χ2v) is 5.30. The van der Waals surface area contributed by atoms with Gasteiger partial charge in [0.2, 0.25) is 0 Å². The van der Waals surface area contributed by atoms with Crippen LogP contribution >= 0.6 is 11.6 Å². The van der Waals surface area contributed by atoms with Crippen molar-refractivity contribution in [3.8, 4) is 11.3 Å². The quantitative estimate of drug-likeness (QED) is 0.709. The summed E-state index contributed by atoms with van der Waals surface area (Å²) in [7, 11) is 0. The average molecular weight is 324 g/mol. The van der Waals surface area contributed by atoms with Crippen LogP contribution in [0.3, 0.4) is 0 Å². The summed E-state index contributed by atoms with van der Waals surface area (Å²) in [5.41, 5.74) is 2.45. The molecule has 0 spiro atoms. The SMILES string of the molecule is O=C(Nc1ccc(Cl)cc1)Nc1cccc(-c2ccccc2)n1. The highest BCUT2D eigenvalue weighted by molar-refractivity contribution is 6.30. The van der Waals surface area contributed by atoms with Gasteiger partial charge in [-0.05, 0) is 36.4 Å². The van der Waals surface area contributed by atoms with Gasteiger partial charge in [0.05, 0.1) is 5.69 Å². The lowest BCUT2D eigenvalue weighted by atomic mass is 10.1. The van der Waals surface area contributed by atoms with E-state index in [2.05, 4.69) is 15.6 Å². The molecule has 2 amide bonds. The first-order chi connectivity index (χ1) is 11.2. The van der Waals surface area contributed by atoms with Crippen molar-refractivity contribution in [1.29, 1.82) is 0 Å². The number of nitrogens with one attached hydrogen (secondary N) is 2. The number of carbonyl (C=O) groups is 1. The largest absolute Gasteiger partial charge is 0.324 e. The number of anilines is 2. The third-order valence-electron chi connectivity index (χ3n) is 3.16. The van der Waals surface area contributed by atoms with Gasteiger partial charge in [-0.3, -0.25) is 5.32 Å². The van der Waals surface area contributed by atoms with E-state index in [-0.39, 0.29) is 6.03 Å². The molecule has 0 saturated carbocycles. The summed E-state index contributed by atoms with van der Waals surface area (Å²) in [6, 6.07) is 21.8. The van der Waals surface area contributed by atoms with Gasteiger partial charge in [0, 0.05) is 16.3 Å². The molecule has 23 heavy (non-hydrogen) atoms. The fourth-order valence-corrected chi connectivity index (χ4v) is 2.21. The number of aromatic nitrogens is 1. The van der Waals surface area contributed by atoms with Crippen LogP contribution in [0.15, 0.2) is 72.8 Å². The Bertz CT molecular complexity index is 804. The van der Waals surface area contributed by atoms with Crippen LogP contribution in [0.2, 0.25) is 5.02 Å². The Balaban J connectivity index is 1.70. The van der Waals surface area contributed by atoms with Gasteiger partial charge in [0.25, 0.3) is 0 Å².